The molecule has 0 radical (unpaired) electrons. The Bertz CT molecular complexity index is 1060. The number of hydrogen-bond donors (Lipinski definition) is 1. The largest absolute Gasteiger partial charge is 0.379 e. The molecule has 2 fully saturated rings. The molecule has 0 bridgehead atoms. The molecule has 1 saturated carbocycles. The SMILES string of the molecule is CC(C)OCCCNC(=O)C1CCC2S/C(=C\c3ccccc3)C(=O)N(Cc3ccc(F)cc3)C2C1. The van der Waals surface area contributed by atoms with E-state index in [-0.39, 0.29) is 40.9 Å². The Hall–Kier alpha value is -2.64. The minimum atomic E-state index is -0.296. The average Bonchev–Trinajstić information content (AvgIpc) is 2.87. The Kier molecular flexibility index (Phi) is 9.21. The summed E-state index contributed by atoms with van der Waals surface area (Å²) in [5.41, 5.74) is 1.87. The van der Waals surface area contributed by atoms with E-state index in [0.29, 0.717) is 26.1 Å². The van der Waals surface area contributed by atoms with Crippen molar-refractivity contribution in [3.05, 3.63) is 76.4 Å². The molecule has 3 atom stereocenters. The van der Waals surface area contributed by atoms with Crippen LogP contribution in [0.4, 0.5) is 4.39 Å². The molecule has 36 heavy (non-hydrogen) atoms. The lowest BCUT2D eigenvalue weighted by molar-refractivity contribution is -0.133. The molecule has 1 saturated heterocycles. The van der Waals surface area contributed by atoms with Crippen molar-refractivity contribution in [2.75, 3.05) is 13.2 Å². The molecule has 0 aromatic heterocycles. The third-order valence-electron chi connectivity index (χ3n) is 6.71. The van der Waals surface area contributed by atoms with Gasteiger partial charge >= 0.3 is 0 Å². The van der Waals surface area contributed by atoms with Gasteiger partial charge in [0.2, 0.25) is 5.91 Å². The number of hydrogen-bond acceptors (Lipinski definition) is 4. The van der Waals surface area contributed by atoms with E-state index in [1.807, 2.05) is 55.2 Å². The topological polar surface area (TPSA) is 58.6 Å². The van der Waals surface area contributed by atoms with Crippen LogP contribution in [0.2, 0.25) is 0 Å². The van der Waals surface area contributed by atoms with Crippen molar-refractivity contribution in [2.45, 2.75) is 63.5 Å². The Morgan fingerprint density at radius 2 is 1.92 bits per heavy atom. The maximum absolute atomic E-state index is 13.7. The van der Waals surface area contributed by atoms with Crippen LogP contribution in [0.3, 0.4) is 0 Å². The molecule has 1 aliphatic carbocycles. The zero-order valence-corrected chi connectivity index (χ0v) is 21.8. The third-order valence-corrected chi connectivity index (χ3v) is 8.11. The van der Waals surface area contributed by atoms with Crippen LogP contribution >= 0.6 is 11.8 Å². The Morgan fingerprint density at radius 1 is 1.17 bits per heavy atom. The Morgan fingerprint density at radius 3 is 2.64 bits per heavy atom. The summed E-state index contributed by atoms with van der Waals surface area (Å²) < 4.78 is 19.1. The van der Waals surface area contributed by atoms with Crippen LogP contribution in [0.25, 0.3) is 6.08 Å². The van der Waals surface area contributed by atoms with E-state index >= 15 is 0 Å². The predicted molar refractivity (Wildman–Crippen MR) is 143 cm³/mol. The number of nitrogens with zero attached hydrogens (tertiary/aromatic N) is 1. The minimum absolute atomic E-state index is 0.0266. The first-order valence-corrected chi connectivity index (χ1v) is 13.7. The number of fused-ring (bicyclic) bond motifs is 1. The summed E-state index contributed by atoms with van der Waals surface area (Å²) in [5.74, 6) is -0.389. The van der Waals surface area contributed by atoms with Crippen LogP contribution in [0.5, 0.6) is 0 Å². The Balaban J connectivity index is 1.48. The molecule has 0 spiro atoms. The van der Waals surface area contributed by atoms with Gasteiger partial charge in [-0.2, -0.15) is 0 Å². The van der Waals surface area contributed by atoms with E-state index < -0.39 is 0 Å². The van der Waals surface area contributed by atoms with Crippen LogP contribution in [0, 0.1) is 11.7 Å². The fraction of sp³-hybridized carbons (Fsp3) is 0.448. The lowest BCUT2D eigenvalue weighted by Gasteiger charge is -2.46. The zero-order valence-electron chi connectivity index (χ0n) is 21.0. The zero-order chi connectivity index (χ0) is 25.5. The van der Waals surface area contributed by atoms with Crippen molar-refractivity contribution in [3.8, 4) is 0 Å². The van der Waals surface area contributed by atoms with Gasteiger partial charge in [-0.1, -0.05) is 42.5 Å². The number of carbonyl (C=O) groups is 2. The molecular weight excluding hydrogens is 475 g/mol. The van der Waals surface area contributed by atoms with Gasteiger partial charge in [-0.3, -0.25) is 9.59 Å². The smallest absolute Gasteiger partial charge is 0.260 e. The van der Waals surface area contributed by atoms with Gasteiger partial charge < -0.3 is 15.0 Å². The summed E-state index contributed by atoms with van der Waals surface area (Å²) in [6.45, 7) is 5.61. The maximum atomic E-state index is 13.7. The summed E-state index contributed by atoms with van der Waals surface area (Å²) in [7, 11) is 0. The highest BCUT2D eigenvalue weighted by atomic mass is 32.2. The van der Waals surface area contributed by atoms with Crippen LogP contribution in [-0.4, -0.2) is 47.3 Å². The monoisotopic (exact) mass is 510 g/mol. The van der Waals surface area contributed by atoms with Gasteiger partial charge in [0.25, 0.3) is 5.91 Å². The number of benzene rings is 2. The van der Waals surface area contributed by atoms with Crippen LogP contribution in [0.15, 0.2) is 59.5 Å². The fourth-order valence-corrected chi connectivity index (χ4v) is 6.26. The number of amides is 2. The lowest BCUT2D eigenvalue weighted by Crippen LogP contribution is -2.53. The third kappa shape index (κ3) is 6.98. The van der Waals surface area contributed by atoms with Crippen molar-refractivity contribution < 1.29 is 18.7 Å². The molecule has 4 rings (SSSR count). The lowest BCUT2D eigenvalue weighted by atomic mass is 9.83. The van der Waals surface area contributed by atoms with Crippen LogP contribution in [0.1, 0.15) is 50.7 Å². The first kappa shape index (κ1) is 26.4. The molecule has 2 amide bonds. The number of rotatable bonds is 9. The van der Waals surface area contributed by atoms with E-state index in [0.717, 1.165) is 35.3 Å². The van der Waals surface area contributed by atoms with E-state index in [1.54, 1.807) is 23.9 Å². The van der Waals surface area contributed by atoms with Crippen LogP contribution < -0.4 is 5.32 Å². The van der Waals surface area contributed by atoms with Crippen molar-refractivity contribution in [3.63, 3.8) is 0 Å². The molecule has 3 unspecified atom stereocenters. The second-order valence-electron chi connectivity index (χ2n) is 9.78. The molecule has 7 heteroatoms. The first-order valence-electron chi connectivity index (χ1n) is 12.8. The molecule has 2 aliphatic rings. The van der Waals surface area contributed by atoms with Crippen molar-refractivity contribution in [2.24, 2.45) is 5.92 Å². The molecule has 2 aromatic carbocycles. The van der Waals surface area contributed by atoms with E-state index in [4.69, 9.17) is 4.74 Å². The first-order chi connectivity index (χ1) is 17.4. The van der Waals surface area contributed by atoms with Gasteiger partial charge in [0.15, 0.2) is 0 Å². The molecule has 5 nitrogen and oxygen atoms in total. The highest BCUT2D eigenvalue weighted by Gasteiger charge is 2.44. The fourth-order valence-electron chi connectivity index (χ4n) is 4.85. The van der Waals surface area contributed by atoms with E-state index in [2.05, 4.69) is 5.32 Å². The molecule has 2 aromatic rings. The van der Waals surface area contributed by atoms with Gasteiger partial charge in [0.1, 0.15) is 5.82 Å². The highest BCUT2D eigenvalue weighted by Crippen LogP contribution is 2.44. The minimum Gasteiger partial charge on any atom is -0.379 e. The molecule has 1 aliphatic heterocycles. The number of halogens is 1. The van der Waals surface area contributed by atoms with Crippen LogP contribution in [-0.2, 0) is 20.9 Å². The maximum Gasteiger partial charge on any atom is 0.260 e. The second kappa shape index (κ2) is 12.5. The number of nitrogens with one attached hydrogen (secondary N) is 1. The number of carbonyl (C=O) groups excluding carboxylic acids is 2. The number of ether oxygens (including phenoxy) is 1. The summed E-state index contributed by atoms with van der Waals surface area (Å²) in [4.78, 5) is 29.2. The van der Waals surface area contributed by atoms with Gasteiger partial charge in [-0.15, -0.1) is 11.8 Å². The summed E-state index contributed by atoms with van der Waals surface area (Å²) in [5, 5.41) is 3.29. The Labute approximate surface area is 217 Å². The quantitative estimate of drug-likeness (QED) is 0.362. The highest BCUT2D eigenvalue weighted by molar-refractivity contribution is 8.04. The molecule has 192 valence electrons. The average molecular weight is 511 g/mol. The predicted octanol–water partition coefficient (Wildman–Crippen LogP) is 5.41. The summed E-state index contributed by atoms with van der Waals surface area (Å²) in [6.07, 6.45) is 5.23. The summed E-state index contributed by atoms with van der Waals surface area (Å²) >= 11 is 1.64. The molecule has 1 heterocycles. The standard InChI is InChI=1S/C29H35FN2O3S/c1-20(2)35-16-6-15-31-28(33)23-11-14-26-25(18-23)32(19-22-9-12-24(30)13-10-22)29(34)27(36-26)17-21-7-4-3-5-8-21/h3-5,7-10,12-13,17,20,23,25-26H,6,11,14-16,18-19H2,1-2H3,(H,31,33)/b27-17-. The van der Waals surface area contributed by atoms with Crippen molar-refractivity contribution in [1.82, 2.24) is 10.2 Å². The van der Waals surface area contributed by atoms with Crippen molar-refractivity contribution >= 4 is 29.7 Å². The van der Waals surface area contributed by atoms with E-state index in [9.17, 15) is 14.0 Å². The van der Waals surface area contributed by atoms with Gasteiger partial charge in [-0.25, -0.2) is 4.39 Å². The van der Waals surface area contributed by atoms with E-state index in [1.165, 1.54) is 12.1 Å². The number of thioether (sulfide) groups is 1. The second-order valence-corrected chi connectivity index (χ2v) is 11.1. The molecular formula is C29H35FN2O3S. The van der Waals surface area contributed by atoms with Gasteiger partial charge in [0, 0.05) is 36.9 Å². The normalized spacial score (nSPS) is 23.1. The van der Waals surface area contributed by atoms with Gasteiger partial charge in [0.05, 0.1) is 11.0 Å². The molecule has 1 N–H and O–H groups in total. The van der Waals surface area contributed by atoms with Gasteiger partial charge in [-0.05, 0) is 68.9 Å². The summed E-state index contributed by atoms with van der Waals surface area (Å²) in [6, 6.07) is 16.1. The van der Waals surface area contributed by atoms with Crippen molar-refractivity contribution in [1.29, 1.82) is 0 Å².